The van der Waals surface area contributed by atoms with Gasteiger partial charge in [-0.15, -0.1) is 0 Å². The van der Waals surface area contributed by atoms with E-state index in [2.05, 4.69) is 0 Å². The summed E-state index contributed by atoms with van der Waals surface area (Å²) in [5.74, 6) is -0.227. The van der Waals surface area contributed by atoms with Crippen LogP contribution in [0.3, 0.4) is 0 Å². The lowest BCUT2D eigenvalue weighted by molar-refractivity contribution is 0.0776. The second kappa shape index (κ2) is 4.59. The van der Waals surface area contributed by atoms with Gasteiger partial charge >= 0.3 is 0 Å². The maximum absolute atomic E-state index is 12.1. The van der Waals surface area contributed by atoms with Crippen LogP contribution in [0.5, 0.6) is 17.2 Å². The van der Waals surface area contributed by atoms with E-state index in [1.807, 2.05) is 0 Å². The normalized spacial score (nSPS) is 24.8. The number of allylic oxidation sites excluding steroid dienone is 2. The maximum atomic E-state index is 12.1. The fourth-order valence-electron chi connectivity index (χ4n) is 2.59. The summed E-state index contributed by atoms with van der Waals surface area (Å²) in [5, 5.41) is 28.5. The topological polar surface area (TPSA) is 87.0 Å². The van der Waals surface area contributed by atoms with Crippen LogP contribution in [0.25, 0.3) is 0 Å². The van der Waals surface area contributed by atoms with Gasteiger partial charge in [-0.3, -0.25) is 4.79 Å². The SMILES string of the molecule is O=C1C[C@@H](C2C=CC(O)=CC2)Oc2cc(O)cc(O)c21. The summed E-state index contributed by atoms with van der Waals surface area (Å²) in [7, 11) is 0. The zero-order chi connectivity index (χ0) is 14.3. The van der Waals surface area contributed by atoms with Crippen LogP contribution >= 0.6 is 0 Å². The molecule has 3 rings (SSSR count). The van der Waals surface area contributed by atoms with Crippen LogP contribution in [0.1, 0.15) is 23.2 Å². The molecule has 1 aromatic carbocycles. The van der Waals surface area contributed by atoms with E-state index >= 15 is 0 Å². The first-order chi connectivity index (χ1) is 9.54. The van der Waals surface area contributed by atoms with Gasteiger partial charge in [0.25, 0.3) is 0 Å². The summed E-state index contributed by atoms with van der Waals surface area (Å²) in [6, 6.07) is 2.46. The minimum atomic E-state index is -0.364. The largest absolute Gasteiger partial charge is 0.508 e. The highest BCUT2D eigenvalue weighted by molar-refractivity contribution is 6.02. The van der Waals surface area contributed by atoms with Crippen LogP contribution in [0, 0.1) is 5.92 Å². The zero-order valence-electron chi connectivity index (χ0n) is 10.6. The molecule has 0 radical (unpaired) electrons. The first-order valence-corrected chi connectivity index (χ1v) is 6.38. The van der Waals surface area contributed by atoms with Crippen molar-refractivity contribution in [2.24, 2.45) is 5.92 Å². The Bertz CT molecular complexity index is 629. The maximum Gasteiger partial charge on any atom is 0.174 e. The van der Waals surface area contributed by atoms with Gasteiger partial charge in [0.05, 0.1) is 0 Å². The molecule has 3 N–H and O–H groups in total. The molecule has 0 saturated heterocycles. The molecule has 2 aliphatic rings. The minimum absolute atomic E-state index is 0.0208. The Morgan fingerprint density at radius 3 is 2.70 bits per heavy atom. The number of fused-ring (bicyclic) bond motifs is 1. The Hall–Kier alpha value is -2.43. The van der Waals surface area contributed by atoms with E-state index in [-0.39, 0.29) is 52.8 Å². The monoisotopic (exact) mass is 274 g/mol. The van der Waals surface area contributed by atoms with Crippen LogP contribution in [0.4, 0.5) is 0 Å². The van der Waals surface area contributed by atoms with Gasteiger partial charge in [-0.2, -0.15) is 0 Å². The van der Waals surface area contributed by atoms with Crippen molar-refractivity contribution in [2.45, 2.75) is 18.9 Å². The summed E-state index contributed by atoms with van der Waals surface area (Å²) in [5.41, 5.74) is 0.122. The Morgan fingerprint density at radius 2 is 2.00 bits per heavy atom. The second-order valence-corrected chi connectivity index (χ2v) is 5.01. The molecule has 0 spiro atoms. The average molecular weight is 274 g/mol. The lowest BCUT2D eigenvalue weighted by Gasteiger charge is -2.30. The molecule has 1 aromatic rings. The molecule has 104 valence electrons. The van der Waals surface area contributed by atoms with Crippen LogP contribution in [-0.2, 0) is 0 Å². The predicted octanol–water partition coefficient (Wildman–Crippen LogP) is 2.45. The Kier molecular flexibility index (Phi) is 2.89. The van der Waals surface area contributed by atoms with Crippen molar-refractivity contribution in [1.29, 1.82) is 0 Å². The van der Waals surface area contributed by atoms with Gasteiger partial charge in [0.2, 0.25) is 0 Å². The fraction of sp³-hybridized carbons (Fsp3) is 0.267. The molecule has 0 fully saturated rings. The molecule has 5 nitrogen and oxygen atoms in total. The quantitative estimate of drug-likeness (QED) is 0.732. The van der Waals surface area contributed by atoms with Gasteiger partial charge < -0.3 is 20.1 Å². The van der Waals surface area contributed by atoms with Crippen molar-refractivity contribution in [3.8, 4) is 17.2 Å². The Labute approximate surface area is 115 Å². The highest BCUT2D eigenvalue weighted by Crippen LogP contribution is 2.40. The molecule has 1 unspecified atom stereocenters. The van der Waals surface area contributed by atoms with Crippen molar-refractivity contribution >= 4 is 5.78 Å². The number of ketones is 1. The van der Waals surface area contributed by atoms with E-state index in [0.29, 0.717) is 6.42 Å². The van der Waals surface area contributed by atoms with Crippen molar-refractivity contribution in [3.63, 3.8) is 0 Å². The standard InChI is InChI=1S/C15H14O5/c16-9-3-1-8(2-4-9)13-7-12(19)15-11(18)5-10(17)6-14(15)20-13/h1,3-6,8,13,16-18H,2,7H2/t8?,13-/m0/s1. The number of ether oxygens (including phenoxy) is 1. The van der Waals surface area contributed by atoms with Crippen molar-refractivity contribution < 1.29 is 24.9 Å². The van der Waals surface area contributed by atoms with Gasteiger partial charge in [0.15, 0.2) is 5.78 Å². The van der Waals surface area contributed by atoms with Crippen LogP contribution in [0.15, 0.2) is 36.1 Å². The number of Topliss-reactive ketones (excluding diaryl/α,β-unsaturated/α-hetero) is 1. The van der Waals surface area contributed by atoms with E-state index < -0.39 is 0 Å². The van der Waals surface area contributed by atoms with E-state index in [9.17, 15) is 20.1 Å². The third-order valence-electron chi connectivity index (χ3n) is 3.60. The molecule has 1 aliphatic carbocycles. The van der Waals surface area contributed by atoms with Crippen molar-refractivity contribution in [1.82, 2.24) is 0 Å². The van der Waals surface area contributed by atoms with Gasteiger partial charge in [-0.25, -0.2) is 0 Å². The number of carbonyl (C=O) groups is 1. The van der Waals surface area contributed by atoms with Crippen LogP contribution in [0.2, 0.25) is 0 Å². The summed E-state index contributed by atoms with van der Waals surface area (Å²) >= 11 is 0. The number of aliphatic hydroxyl groups is 1. The lowest BCUT2D eigenvalue weighted by Crippen LogP contribution is -2.33. The first-order valence-electron chi connectivity index (χ1n) is 6.38. The number of hydrogen-bond donors (Lipinski definition) is 3. The summed E-state index contributed by atoms with van der Waals surface area (Å²) in [4.78, 5) is 12.1. The molecular weight excluding hydrogens is 260 g/mol. The molecule has 0 saturated carbocycles. The number of rotatable bonds is 1. The number of aliphatic hydroxyl groups excluding tert-OH is 1. The third kappa shape index (κ3) is 2.11. The summed E-state index contributed by atoms with van der Waals surface area (Å²) in [6.45, 7) is 0. The Balaban J connectivity index is 1.89. The second-order valence-electron chi connectivity index (χ2n) is 5.01. The average Bonchev–Trinajstić information content (AvgIpc) is 2.38. The number of benzene rings is 1. The molecule has 0 bridgehead atoms. The molecule has 2 atom stereocenters. The summed E-state index contributed by atoms with van der Waals surface area (Å²) < 4.78 is 5.74. The molecule has 5 heteroatoms. The number of aromatic hydroxyl groups is 2. The van der Waals surface area contributed by atoms with Gasteiger partial charge in [0.1, 0.15) is 34.7 Å². The number of phenols is 2. The van der Waals surface area contributed by atoms with Crippen molar-refractivity contribution in [2.75, 3.05) is 0 Å². The van der Waals surface area contributed by atoms with Gasteiger partial charge in [-0.05, 0) is 18.6 Å². The molecule has 1 aliphatic heterocycles. The highest BCUT2D eigenvalue weighted by Gasteiger charge is 2.33. The molecule has 0 amide bonds. The van der Waals surface area contributed by atoms with E-state index in [1.165, 1.54) is 6.07 Å². The first kappa shape index (κ1) is 12.6. The number of phenolic OH excluding ortho intramolecular Hbond substituents is 2. The van der Waals surface area contributed by atoms with Gasteiger partial charge in [0, 0.05) is 24.5 Å². The highest BCUT2D eigenvalue weighted by atomic mass is 16.5. The van der Waals surface area contributed by atoms with Crippen molar-refractivity contribution in [3.05, 3.63) is 41.7 Å². The van der Waals surface area contributed by atoms with E-state index in [4.69, 9.17) is 4.74 Å². The zero-order valence-corrected chi connectivity index (χ0v) is 10.6. The number of carbonyl (C=O) groups excluding carboxylic acids is 1. The lowest BCUT2D eigenvalue weighted by atomic mass is 9.87. The predicted molar refractivity (Wildman–Crippen MR) is 71.1 cm³/mol. The molecular formula is C15H14O5. The Morgan fingerprint density at radius 1 is 1.20 bits per heavy atom. The molecule has 1 heterocycles. The molecule has 20 heavy (non-hydrogen) atoms. The molecule has 0 aromatic heterocycles. The van der Waals surface area contributed by atoms with Crippen LogP contribution in [-0.4, -0.2) is 27.2 Å². The summed E-state index contributed by atoms with van der Waals surface area (Å²) in [6.07, 6.45) is 5.44. The van der Waals surface area contributed by atoms with E-state index in [1.54, 1.807) is 18.2 Å². The van der Waals surface area contributed by atoms with Gasteiger partial charge in [-0.1, -0.05) is 6.08 Å². The third-order valence-corrected chi connectivity index (χ3v) is 3.60. The fourth-order valence-corrected chi connectivity index (χ4v) is 2.59. The minimum Gasteiger partial charge on any atom is -0.508 e. The van der Waals surface area contributed by atoms with Crippen LogP contribution < -0.4 is 4.74 Å². The number of hydrogen-bond acceptors (Lipinski definition) is 5. The smallest absolute Gasteiger partial charge is 0.174 e. The van der Waals surface area contributed by atoms with E-state index in [0.717, 1.165) is 6.07 Å².